The van der Waals surface area contributed by atoms with E-state index >= 15 is 0 Å². The third-order valence-corrected chi connectivity index (χ3v) is 8.04. The van der Waals surface area contributed by atoms with Crippen molar-refractivity contribution in [2.24, 2.45) is 40.4 Å². The molecule has 140 valence electrons. The Morgan fingerprint density at radius 1 is 0.739 bits per heavy atom. The van der Waals surface area contributed by atoms with E-state index in [2.05, 4.69) is 76.2 Å². The first-order chi connectivity index (χ1) is 10.4. The lowest BCUT2D eigenvalue weighted by Crippen LogP contribution is -2.34. The fourth-order valence-electron chi connectivity index (χ4n) is 4.08. The molecule has 0 aromatic heterocycles. The van der Waals surface area contributed by atoms with E-state index < -0.39 is 0 Å². The minimum Gasteiger partial charge on any atom is -0.0649 e. The Bertz CT molecular complexity index is 314. The van der Waals surface area contributed by atoms with Gasteiger partial charge in [-0.15, -0.1) is 0 Å². The fraction of sp³-hybridized carbons (Fsp3) is 1.00. The van der Waals surface area contributed by atoms with Gasteiger partial charge in [0.05, 0.1) is 0 Å². The highest BCUT2D eigenvalue weighted by molar-refractivity contribution is 4.88. The van der Waals surface area contributed by atoms with E-state index in [0.29, 0.717) is 10.8 Å². The molecule has 0 bridgehead atoms. The molecule has 0 heterocycles. The van der Waals surface area contributed by atoms with Crippen LogP contribution in [-0.2, 0) is 0 Å². The topological polar surface area (TPSA) is 0 Å². The molecule has 0 spiro atoms. The van der Waals surface area contributed by atoms with E-state index in [1.165, 1.54) is 32.1 Å². The molecular weight excluding hydrogens is 276 g/mol. The predicted octanol–water partition coefficient (Wildman–Crippen LogP) is 8.21. The van der Waals surface area contributed by atoms with Crippen LogP contribution in [0, 0.1) is 40.4 Å². The Kier molecular flexibility index (Phi) is 9.47. The molecule has 0 heteroatoms. The van der Waals surface area contributed by atoms with Gasteiger partial charge < -0.3 is 0 Å². The van der Waals surface area contributed by atoms with Crippen molar-refractivity contribution in [1.82, 2.24) is 0 Å². The summed E-state index contributed by atoms with van der Waals surface area (Å²) < 4.78 is 0. The van der Waals surface area contributed by atoms with Crippen LogP contribution < -0.4 is 0 Å². The van der Waals surface area contributed by atoms with Crippen LogP contribution in [0.4, 0.5) is 0 Å². The number of rotatable bonds is 11. The number of hydrogen-bond donors (Lipinski definition) is 0. The molecule has 0 aliphatic heterocycles. The molecule has 5 unspecified atom stereocenters. The van der Waals surface area contributed by atoms with Gasteiger partial charge >= 0.3 is 0 Å². The quantitative estimate of drug-likeness (QED) is 0.359. The summed E-state index contributed by atoms with van der Waals surface area (Å²) in [7, 11) is 0. The Hall–Kier alpha value is 0. The fourth-order valence-corrected chi connectivity index (χ4v) is 4.08. The summed E-state index contributed by atoms with van der Waals surface area (Å²) in [4.78, 5) is 0. The van der Waals surface area contributed by atoms with E-state index in [1.54, 1.807) is 0 Å². The lowest BCUT2D eigenvalue weighted by molar-refractivity contribution is 0.0586. The van der Waals surface area contributed by atoms with Gasteiger partial charge in [0.1, 0.15) is 0 Å². The van der Waals surface area contributed by atoms with E-state index in [0.717, 1.165) is 29.6 Å². The number of hydrogen-bond acceptors (Lipinski definition) is 0. The third kappa shape index (κ3) is 6.43. The van der Waals surface area contributed by atoms with Gasteiger partial charge in [-0.25, -0.2) is 0 Å². The monoisotopic (exact) mass is 324 g/mol. The van der Waals surface area contributed by atoms with Crippen LogP contribution in [0.2, 0.25) is 0 Å². The van der Waals surface area contributed by atoms with Crippen molar-refractivity contribution in [2.75, 3.05) is 0 Å². The van der Waals surface area contributed by atoms with Gasteiger partial charge in [0.15, 0.2) is 0 Å². The first kappa shape index (κ1) is 23.0. The second-order valence-electron chi connectivity index (χ2n) is 9.97. The van der Waals surface area contributed by atoms with Gasteiger partial charge in [-0.3, -0.25) is 0 Å². The highest BCUT2D eigenvalue weighted by Crippen LogP contribution is 2.48. The molecule has 0 N–H and O–H groups in total. The molecule has 0 aliphatic carbocycles. The van der Waals surface area contributed by atoms with E-state index in [-0.39, 0.29) is 0 Å². The van der Waals surface area contributed by atoms with Crippen molar-refractivity contribution < 1.29 is 0 Å². The van der Waals surface area contributed by atoms with Gasteiger partial charge in [-0.05, 0) is 53.3 Å². The summed E-state index contributed by atoms with van der Waals surface area (Å²) in [5.41, 5.74) is 0.933. The highest BCUT2D eigenvalue weighted by Gasteiger charge is 2.37. The smallest absolute Gasteiger partial charge is 0.0277 e. The summed E-state index contributed by atoms with van der Waals surface area (Å²) in [6.07, 6.45) is 6.75. The van der Waals surface area contributed by atoms with Crippen molar-refractivity contribution >= 4 is 0 Å². The third-order valence-electron chi connectivity index (χ3n) is 8.04. The second-order valence-corrected chi connectivity index (χ2v) is 9.97. The SMILES string of the molecule is CCC(C)(C)C(C)(CC)CCC(C)CC(C)C(C)C(C)C(C)C. The first-order valence-electron chi connectivity index (χ1n) is 10.4. The van der Waals surface area contributed by atoms with Crippen molar-refractivity contribution in [3.05, 3.63) is 0 Å². The summed E-state index contributed by atoms with van der Waals surface area (Å²) in [5.74, 6) is 4.16. The second kappa shape index (κ2) is 9.47. The molecule has 0 rings (SSSR count). The summed E-state index contributed by atoms with van der Waals surface area (Å²) in [6, 6.07) is 0. The van der Waals surface area contributed by atoms with Gasteiger partial charge in [0.25, 0.3) is 0 Å². The van der Waals surface area contributed by atoms with E-state index in [9.17, 15) is 0 Å². The van der Waals surface area contributed by atoms with Crippen LogP contribution in [0.3, 0.4) is 0 Å². The van der Waals surface area contributed by atoms with Gasteiger partial charge in [0, 0.05) is 0 Å². The molecule has 0 nitrogen and oxygen atoms in total. The minimum absolute atomic E-state index is 0.451. The zero-order valence-electron chi connectivity index (χ0n) is 18.4. The maximum absolute atomic E-state index is 2.52. The predicted molar refractivity (Wildman–Crippen MR) is 108 cm³/mol. The van der Waals surface area contributed by atoms with Crippen molar-refractivity contribution in [1.29, 1.82) is 0 Å². The molecule has 0 aliphatic rings. The Morgan fingerprint density at radius 3 is 1.65 bits per heavy atom. The minimum atomic E-state index is 0.451. The average molecular weight is 325 g/mol. The van der Waals surface area contributed by atoms with Crippen LogP contribution in [0.5, 0.6) is 0 Å². The normalized spacial score (nSPS) is 20.9. The van der Waals surface area contributed by atoms with E-state index in [1.807, 2.05) is 0 Å². The van der Waals surface area contributed by atoms with Gasteiger partial charge in [-0.1, -0.05) is 95.4 Å². The van der Waals surface area contributed by atoms with Crippen molar-refractivity contribution in [3.8, 4) is 0 Å². The average Bonchev–Trinajstić information content (AvgIpc) is 2.50. The summed E-state index contributed by atoms with van der Waals surface area (Å²) >= 11 is 0. The molecule has 0 aromatic carbocycles. The van der Waals surface area contributed by atoms with Crippen LogP contribution in [0.25, 0.3) is 0 Å². The molecule has 0 fully saturated rings. The Balaban J connectivity index is 4.58. The lowest BCUT2D eigenvalue weighted by atomic mass is 9.61. The molecule has 0 aromatic rings. The zero-order valence-corrected chi connectivity index (χ0v) is 18.4. The standard InChI is InChI=1S/C23H48/c1-12-22(9,10)23(11,13-2)15-14-18(5)16-19(6)21(8)20(7)17(3)4/h17-21H,12-16H2,1-11H3. The maximum Gasteiger partial charge on any atom is -0.0277 e. The largest absolute Gasteiger partial charge is 0.0649 e. The van der Waals surface area contributed by atoms with Crippen molar-refractivity contribution in [3.63, 3.8) is 0 Å². The van der Waals surface area contributed by atoms with Crippen LogP contribution in [0.15, 0.2) is 0 Å². The highest BCUT2D eigenvalue weighted by atomic mass is 14.4. The molecule has 0 radical (unpaired) electrons. The van der Waals surface area contributed by atoms with Crippen LogP contribution in [0.1, 0.15) is 108 Å². The van der Waals surface area contributed by atoms with Crippen molar-refractivity contribution in [2.45, 2.75) is 108 Å². The maximum atomic E-state index is 2.52. The summed E-state index contributed by atoms with van der Waals surface area (Å²) in [6.45, 7) is 26.8. The lowest BCUT2D eigenvalue weighted by Gasteiger charge is -2.44. The van der Waals surface area contributed by atoms with Gasteiger partial charge in [-0.2, -0.15) is 0 Å². The Labute approximate surface area is 149 Å². The molecule has 5 atom stereocenters. The van der Waals surface area contributed by atoms with Gasteiger partial charge in [0.2, 0.25) is 0 Å². The molecule has 0 amide bonds. The summed E-state index contributed by atoms with van der Waals surface area (Å²) in [5, 5.41) is 0. The Morgan fingerprint density at radius 2 is 1.26 bits per heavy atom. The van der Waals surface area contributed by atoms with Crippen LogP contribution in [-0.4, -0.2) is 0 Å². The molecule has 0 saturated heterocycles. The molecular formula is C23H48. The zero-order chi connectivity index (χ0) is 18.4. The van der Waals surface area contributed by atoms with Crippen LogP contribution >= 0.6 is 0 Å². The first-order valence-corrected chi connectivity index (χ1v) is 10.4. The molecule has 23 heavy (non-hydrogen) atoms. The van der Waals surface area contributed by atoms with E-state index in [4.69, 9.17) is 0 Å². The molecule has 0 saturated carbocycles.